The molecule has 1 aliphatic rings. The molecule has 3 rings (SSSR count). The Balaban J connectivity index is 1.71. The van der Waals surface area contributed by atoms with E-state index in [1.165, 1.54) is 17.9 Å². The lowest BCUT2D eigenvalue weighted by atomic mass is 10.0. The summed E-state index contributed by atoms with van der Waals surface area (Å²) >= 11 is 0. The van der Waals surface area contributed by atoms with Crippen molar-refractivity contribution >= 4 is 23.6 Å². The van der Waals surface area contributed by atoms with Crippen LogP contribution < -0.4 is 21.3 Å². The highest BCUT2D eigenvalue weighted by atomic mass is 19.1. The van der Waals surface area contributed by atoms with Crippen LogP contribution in [0.1, 0.15) is 25.5 Å². The van der Waals surface area contributed by atoms with E-state index in [0.29, 0.717) is 16.8 Å². The monoisotopic (exact) mass is 428 g/mol. The molecule has 2 aromatic rings. The number of halogens is 1. The normalized spacial score (nSPS) is 16.6. The minimum Gasteiger partial charge on any atom is -0.442 e. The van der Waals surface area contributed by atoms with Crippen LogP contribution in [0.3, 0.4) is 0 Å². The zero-order chi connectivity index (χ0) is 22.5. The van der Waals surface area contributed by atoms with Gasteiger partial charge in [0.15, 0.2) is 0 Å². The van der Waals surface area contributed by atoms with E-state index in [9.17, 15) is 18.8 Å². The van der Waals surface area contributed by atoms with Crippen molar-refractivity contribution in [2.75, 3.05) is 24.5 Å². The van der Waals surface area contributed by atoms with Crippen LogP contribution >= 0.6 is 0 Å². The number of nitrogens with two attached hydrogens (primary N) is 1. The van der Waals surface area contributed by atoms with Gasteiger partial charge < -0.3 is 21.1 Å². The molecule has 3 amide bonds. The van der Waals surface area contributed by atoms with Gasteiger partial charge in [0.2, 0.25) is 11.8 Å². The van der Waals surface area contributed by atoms with E-state index in [0.717, 1.165) is 5.56 Å². The summed E-state index contributed by atoms with van der Waals surface area (Å²) in [5.74, 6) is -0.946. The van der Waals surface area contributed by atoms with Crippen molar-refractivity contribution in [2.24, 2.45) is 5.73 Å². The molecule has 0 radical (unpaired) electrons. The second-order valence-electron chi connectivity index (χ2n) is 7.33. The molecule has 0 saturated carbocycles. The molecule has 4 N–H and O–H groups in total. The topological polar surface area (TPSA) is 114 Å². The highest BCUT2D eigenvalue weighted by Gasteiger charge is 2.32. The molecule has 164 valence electrons. The van der Waals surface area contributed by atoms with Crippen LogP contribution in [0.4, 0.5) is 14.9 Å². The summed E-state index contributed by atoms with van der Waals surface area (Å²) < 4.78 is 20.1. The van der Waals surface area contributed by atoms with Gasteiger partial charge in [-0.15, -0.1) is 0 Å². The van der Waals surface area contributed by atoms with Crippen LogP contribution in [0.2, 0.25) is 0 Å². The van der Waals surface area contributed by atoms with E-state index >= 15 is 0 Å². The van der Waals surface area contributed by atoms with E-state index < -0.39 is 18.0 Å². The molecule has 0 aliphatic carbocycles. The molecule has 0 bridgehead atoms. The molecule has 9 heteroatoms. The van der Waals surface area contributed by atoms with Crippen molar-refractivity contribution in [1.29, 1.82) is 0 Å². The SMILES string of the molecule is CC(=O)NC[C@H]1CN(c2ccc(-c3ccc(C(C)NC(=O)CN)cc3)c(F)c2)C(=O)O1. The van der Waals surface area contributed by atoms with Gasteiger partial charge in [0.05, 0.1) is 31.4 Å². The van der Waals surface area contributed by atoms with Crippen molar-refractivity contribution in [3.63, 3.8) is 0 Å². The van der Waals surface area contributed by atoms with Crippen molar-refractivity contribution in [3.8, 4) is 11.1 Å². The Morgan fingerprint density at radius 2 is 1.97 bits per heavy atom. The summed E-state index contributed by atoms with van der Waals surface area (Å²) in [6.45, 7) is 3.56. The van der Waals surface area contributed by atoms with Crippen LogP contribution in [0.5, 0.6) is 0 Å². The molecule has 31 heavy (non-hydrogen) atoms. The first kappa shape index (κ1) is 22.2. The van der Waals surface area contributed by atoms with Gasteiger partial charge in [-0.3, -0.25) is 14.5 Å². The number of amides is 3. The molecule has 1 heterocycles. The zero-order valence-electron chi connectivity index (χ0n) is 17.4. The van der Waals surface area contributed by atoms with Gasteiger partial charge in [-0.2, -0.15) is 0 Å². The molecule has 2 atom stereocenters. The minimum absolute atomic E-state index is 0.0848. The lowest BCUT2D eigenvalue weighted by Crippen LogP contribution is -2.33. The molecule has 1 saturated heterocycles. The summed E-state index contributed by atoms with van der Waals surface area (Å²) in [7, 11) is 0. The highest BCUT2D eigenvalue weighted by Crippen LogP contribution is 2.29. The molecule has 1 fully saturated rings. The third-order valence-electron chi connectivity index (χ3n) is 5.00. The number of carbonyl (C=O) groups is 3. The van der Waals surface area contributed by atoms with Gasteiger partial charge in [-0.25, -0.2) is 9.18 Å². The Labute approximate surface area is 179 Å². The summed E-state index contributed by atoms with van der Waals surface area (Å²) in [6, 6.07) is 11.5. The number of rotatable bonds is 7. The first-order valence-electron chi connectivity index (χ1n) is 9.90. The molecule has 2 aromatic carbocycles. The van der Waals surface area contributed by atoms with Gasteiger partial charge in [0.25, 0.3) is 0 Å². The lowest BCUT2D eigenvalue weighted by Gasteiger charge is -2.16. The van der Waals surface area contributed by atoms with Crippen LogP contribution in [0, 0.1) is 5.82 Å². The zero-order valence-corrected chi connectivity index (χ0v) is 17.4. The summed E-state index contributed by atoms with van der Waals surface area (Å²) in [5.41, 5.74) is 7.61. The maximum atomic E-state index is 14.8. The van der Waals surface area contributed by atoms with E-state index in [4.69, 9.17) is 10.5 Å². The Morgan fingerprint density at radius 3 is 2.58 bits per heavy atom. The van der Waals surface area contributed by atoms with E-state index in [1.54, 1.807) is 24.3 Å². The van der Waals surface area contributed by atoms with Crippen molar-refractivity contribution < 1.29 is 23.5 Å². The average Bonchev–Trinajstić information content (AvgIpc) is 3.12. The number of hydrogen-bond acceptors (Lipinski definition) is 5. The molecular formula is C22H25FN4O4. The second-order valence-corrected chi connectivity index (χ2v) is 7.33. The number of nitrogens with zero attached hydrogens (tertiary/aromatic N) is 1. The van der Waals surface area contributed by atoms with E-state index in [-0.39, 0.29) is 37.5 Å². The minimum atomic E-state index is -0.583. The number of carbonyl (C=O) groups excluding carboxylic acids is 3. The van der Waals surface area contributed by atoms with Crippen molar-refractivity contribution in [2.45, 2.75) is 26.0 Å². The molecule has 0 spiro atoms. The molecular weight excluding hydrogens is 403 g/mol. The fourth-order valence-corrected chi connectivity index (χ4v) is 3.34. The van der Waals surface area contributed by atoms with E-state index in [1.807, 2.05) is 19.1 Å². The number of nitrogens with one attached hydrogen (secondary N) is 2. The number of hydrogen-bond donors (Lipinski definition) is 3. The number of anilines is 1. The lowest BCUT2D eigenvalue weighted by molar-refractivity contribution is -0.120. The largest absolute Gasteiger partial charge is 0.442 e. The smallest absolute Gasteiger partial charge is 0.414 e. The Kier molecular flexibility index (Phi) is 6.86. The van der Waals surface area contributed by atoms with Gasteiger partial charge in [0.1, 0.15) is 11.9 Å². The highest BCUT2D eigenvalue weighted by molar-refractivity contribution is 5.90. The maximum absolute atomic E-state index is 14.8. The predicted octanol–water partition coefficient (Wildman–Crippen LogP) is 2.09. The fourth-order valence-electron chi connectivity index (χ4n) is 3.34. The van der Waals surface area contributed by atoms with Gasteiger partial charge >= 0.3 is 6.09 Å². The summed E-state index contributed by atoms with van der Waals surface area (Å²) in [5, 5.41) is 5.37. The van der Waals surface area contributed by atoms with Gasteiger partial charge in [0, 0.05) is 12.5 Å². The first-order valence-corrected chi connectivity index (χ1v) is 9.90. The standard InChI is InChI=1S/C22H25FN4O4/c1-13(26-21(29)10-24)15-3-5-16(6-4-15)19-8-7-17(9-20(19)23)27-12-18(31-22(27)30)11-25-14(2)28/h3-9,13,18H,10-12,24H2,1-2H3,(H,25,28)(H,26,29)/t13?,18-/m0/s1. The third-order valence-corrected chi connectivity index (χ3v) is 5.00. The number of cyclic esters (lactones) is 1. The van der Waals surface area contributed by atoms with Gasteiger partial charge in [-0.05, 0) is 36.2 Å². The number of ether oxygens (including phenoxy) is 1. The second kappa shape index (κ2) is 9.57. The van der Waals surface area contributed by atoms with Gasteiger partial charge in [-0.1, -0.05) is 24.3 Å². The quantitative estimate of drug-likeness (QED) is 0.625. The van der Waals surface area contributed by atoms with Crippen LogP contribution in [-0.4, -0.2) is 43.6 Å². The van der Waals surface area contributed by atoms with Crippen molar-refractivity contribution in [3.05, 3.63) is 53.8 Å². The molecule has 1 unspecified atom stereocenters. The van der Waals surface area contributed by atoms with E-state index in [2.05, 4.69) is 10.6 Å². The first-order chi connectivity index (χ1) is 14.8. The Hall–Kier alpha value is -3.46. The third kappa shape index (κ3) is 5.37. The fraction of sp³-hybridized carbons (Fsp3) is 0.318. The molecule has 0 aromatic heterocycles. The van der Waals surface area contributed by atoms with Crippen LogP contribution in [-0.2, 0) is 14.3 Å². The average molecular weight is 428 g/mol. The molecule has 1 aliphatic heterocycles. The summed E-state index contributed by atoms with van der Waals surface area (Å²) in [6.07, 6.45) is -1.08. The molecule has 8 nitrogen and oxygen atoms in total. The maximum Gasteiger partial charge on any atom is 0.414 e. The van der Waals surface area contributed by atoms with Crippen LogP contribution in [0.25, 0.3) is 11.1 Å². The summed E-state index contributed by atoms with van der Waals surface area (Å²) in [4.78, 5) is 35.9. The van der Waals surface area contributed by atoms with Crippen molar-refractivity contribution in [1.82, 2.24) is 10.6 Å². The Bertz CT molecular complexity index is 980. The van der Waals surface area contributed by atoms with Crippen LogP contribution in [0.15, 0.2) is 42.5 Å². The Morgan fingerprint density at radius 1 is 1.26 bits per heavy atom. The predicted molar refractivity (Wildman–Crippen MR) is 114 cm³/mol. The number of benzene rings is 2.